The summed E-state index contributed by atoms with van der Waals surface area (Å²) < 4.78 is 25.3. The highest BCUT2D eigenvalue weighted by Crippen LogP contribution is 2.30. The highest BCUT2D eigenvalue weighted by Gasteiger charge is 2.11. The SMILES string of the molecule is CCNC(=S)N[NH+]=Cc1ccc(OCc2c(F)cccc2Cl)c(OCC)c1. The van der Waals surface area contributed by atoms with Gasteiger partial charge in [0, 0.05) is 17.7 Å². The molecule has 0 heterocycles. The fraction of sp³-hybridized carbons (Fsp3) is 0.263. The molecule has 0 radical (unpaired) electrons. The van der Waals surface area contributed by atoms with Crippen LogP contribution in [0.25, 0.3) is 0 Å². The zero-order valence-electron chi connectivity index (χ0n) is 15.1. The minimum absolute atomic E-state index is 0.00536. The number of halogens is 2. The molecular weight excluding hydrogens is 389 g/mol. The molecule has 0 fully saturated rings. The van der Waals surface area contributed by atoms with Gasteiger partial charge in [-0.1, -0.05) is 17.7 Å². The van der Waals surface area contributed by atoms with E-state index in [4.69, 9.17) is 33.3 Å². The Balaban J connectivity index is 2.10. The molecule has 8 heteroatoms. The van der Waals surface area contributed by atoms with E-state index in [2.05, 4.69) is 15.8 Å². The van der Waals surface area contributed by atoms with Crippen LogP contribution >= 0.6 is 23.8 Å². The van der Waals surface area contributed by atoms with Crippen LogP contribution in [0, 0.1) is 5.82 Å². The van der Waals surface area contributed by atoms with E-state index in [0.717, 1.165) is 12.1 Å². The van der Waals surface area contributed by atoms with Crippen molar-refractivity contribution in [2.24, 2.45) is 0 Å². The molecule has 0 atom stereocenters. The number of ether oxygens (including phenoxy) is 2. The van der Waals surface area contributed by atoms with Crippen molar-refractivity contribution in [3.63, 3.8) is 0 Å². The third-order valence-corrected chi connectivity index (χ3v) is 4.06. The second-order valence-electron chi connectivity index (χ2n) is 5.40. The van der Waals surface area contributed by atoms with Crippen LogP contribution in [0.3, 0.4) is 0 Å². The summed E-state index contributed by atoms with van der Waals surface area (Å²) in [5.41, 5.74) is 4.00. The first-order chi connectivity index (χ1) is 13.0. The van der Waals surface area contributed by atoms with Crippen LogP contribution in [0.4, 0.5) is 4.39 Å². The zero-order chi connectivity index (χ0) is 19.6. The smallest absolute Gasteiger partial charge is 0.223 e. The van der Waals surface area contributed by atoms with E-state index in [0.29, 0.717) is 33.8 Å². The van der Waals surface area contributed by atoms with E-state index in [1.54, 1.807) is 24.4 Å². The topological polar surface area (TPSA) is 56.5 Å². The highest BCUT2D eigenvalue weighted by atomic mass is 35.5. The van der Waals surface area contributed by atoms with Crippen LogP contribution < -0.4 is 25.3 Å². The van der Waals surface area contributed by atoms with Gasteiger partial charge in [0.05, 0.1) is 11.6 Å². The summed E-state index contributed by atoms with van der Waals surface area (Å²) in [5.74, 6) is 0.650. The molecule has 2 aromatic carbocycles. The van der Waals surface area contributed by atoms with Gasteiger partial charge in [-0.05, 0) is 56.4 Å². The summed E-state index contributed by atoms with van der Waals surface area (Å²) in [5, 5.41) is 6.70. The van der Waals surface area contributed by atoms with Gasteiger partial charge in [0.15, 0.2) is 17.7 Å². The average molecular weight is 411 g/mol. The van der Waals surface area contributed by atoms with Crippen molar-refractivity contribution in [1.82, 2.24) is 10.7 Å². The molecule has 27 heavy (non-hydrogen) atoms. The summed E-state index contributed by atoms with van der Waals surface area (Å²) in [4.78, 5) is 0. The number of hydrazine groups is 1. The Bertz CT molecular complexity index is 797. The van der Waals surface area contributed by atoms with Gasteiger partial charge < -0.3 is 14.8 Å². The third-order valence-electron chi connectivity index (χ3n) is 3.46. The number of hydrogen-bond donors (Lipinski definition) is 3. The fourth-order valence-electron chi connectivity index (χ4n) is 2.21. The molecule has 0 amide bonds. The molecule has 0 saturated heterocycles. The minimum Gasteiger partial charge on any atom is -0.490 e. The monoisotopic (exact) mass is 410 g/mol. The summed E-state index contributed by atoms with van der Waals surface area (Å²) in [6, 6.07) is 9.94. The van der Waals surface area contributed by atoms with Crippen molar-refractivity contribution in [3.05, 3.63) is 58.4 Å². The number of hydrazone groups is 1. The predicted molar refractivity (Wildman–Crippen MR) is 109 cm³/mol. The van der Waals surface area contributed by atoms with Crippen LogP contribution in [0.2, 0.25) is 5.02 Å². The number of nitrogens with one attached hydrogen (secondary N) is 3. The standard InChI is InChI=1S/C19H21ClFN3O2S/c1-3-22-19(27)24-23-11-13-8-9-17(18(10-13)25-4-2)26-12-14-15(20)6-5-7-16(14)21/h5-11H,3-4,12H2,1-2H3,(H2,22,24,27)/p+1. The van der Waals surface area contributed by atoms with Gasteiger partial charge in [0.2, 0.25) is 5.11 Å². The van der Waals surface area contributed by atoms with Gasteiger partial charge in [-0.25, -0.2) is 4.39 Å². The number of rotatable bonds is 8. The van der Waals surface area contributed by atoms with Crippen LogP contribution in [0.1, 0.15) is 25.0 Å². The van der Waals surface area contributed by atoms with E-state index in [1.807, 2.05) is 26.0 Å². The maximum atomic E-state index is 13.9. The van der Waals surface area contributed by atoms with E-state index in [-0.39, 0.29) is 6.61 Å². The molecule has 0 aliphatic rings. The molecule has 0 aliphatic carbocycles. The maximum Gasteiger partial charge on any atom is 0.223 e. The normalized spacial score (nSPS) is 10.7. The van der Waals surface area contributed by atoms with Crippen molar-refractivity contribution in [3.8, 4) is 11.5 Å². The highest BCUT2D eigenvalue weighted by molar-refractivity contribution is 7.80. The van der Waals surface area contributed by atoms with Crippen molar-refractivity contribution >= 4 is 35.1 Å². The van der Waals surface area contributed by atoms with Crippen molar-refractivity contribution in [2.45, 2.75) is 20.5 Å². The van der Waals surface area contributed by atoms with E-state index in [1.165, 1.54) is 6.07 Å². The maximum absolute atomic E-state index is 13.9. The lowest BCUT2D eigenvalue weighted by Crippen LogP contribution is -2.82. The van der Waals surface area contributed by atoms with Gasteiger partial charge in [-0.3, -0.25) is 0 Å². The Morgan fingerprint density at radius 1 is 1.22 bits per heavy atom. The first kappa shape index (κ1) is 20.9. The Kier molecular flexibility index (Phi) is 8.29. The average Bonchev–Trinajstić information content (AvgIpc) is 2.63. The van der Waals surface area contributed by atoms with Crippen molar-refractivity contribution in [1.29, 1.82) is 0 Å². The molecule has 2 rings (SSSR count). The van der Waals surface area contributed by atoms with Crippen LogP contribution in [0.15, 0.2) is 36.4 Å². The molecule has 0 bridgehead atoms. The first-order valence-corrected chi connectivity index (χ1v) is 9.28. The lowest BCUT2D eigenvalue weighted by molar-refractivity contribution is -0.500. The first-order valence-electron chi connectivity index (χ1n) is 8.50. The Morgan fingerprint density at radius 2 is 2.04 bits per heavy atom. The van der Waals surface area contributed by atoms with Crippen LogP contribution in [0.5, 0.6) is 11.5 Å². The van der Waals surface area contributed by atoms with Crippen molar-refractivity contribution in [2.75, 3.05) is 13.2 Å². The Labute approximate surface area is 168 Å². The molecule has 3 N–H and O–H groups in total. The minimum atomic E-state index is -0.405. The predicted octanol–water partition coefficient (Wildman–Crippen LogP) is 2.36. The lowest BCUT2D eigenvalue weighted by atomic mass is 10.2. The summed E-state index contributed by atoms with van der Waals surface area (Å²) >= 11 is 11.1. The van der Waals surface area contributed by atoms with Crippen molar-refractivity contribution < 1.29 is 19.0 Å². The van der Waals surface area contributed by atoms with E-state index in [9.17, 15) is 4.39 Å². The molecule has 0 saturated carbocycles. The van der Waals surface area contributed by atoms with Gasteiger partial charge in [0.1, 0.15) is 12.4 Å². The second kappa shape index (κ2) is 10.7. The second-order valence-corrected chi connectivity index (χ2v) is 6.22. The molecule has 0 aliphatic heterocycles. The van der Waals surface area contributed by atoms with Gasteiger partial charge in [-0.15, -0.1) is 10.5 Å². The molecule has 144 valence electrons. The Hall–Kier alpha value is -2.38. The largest absolute Gasteiger partial charge is 0.490 e. The fourth-order valence-corrected chi connectivity index (χ4v) is 2.63. The summed E-state index contributed by atoms with van der Waals surface area (Å²) in [6.07, 6.45) is 1.74. The van der Waals surface area contributed by atoms with Crippen LogP contribution in [-0.2, 0) is 6.61 Å². The van der Waals surface area contributed by atoms with E-state index < -0.39 is 5.82 Å². The zero-order valence-corrected chi connectivity index (χ0v) is 16.7. The molecule has 0 aromatic heterocycles. The number of hydrogen-bond acceptors (Lipinski definition) is 3. The van der Waals surface area contributed by atoms with E-state index >= 15 is 0 Å². The lowest BCUT2D eigenvalue weighted by Gasteiger charge is -2.13. The summed E-state index contributed by atoms with van der Waals surface area (Å²) in [7, 11) is 0. The third kappa shape index (κ3) is 6.37. The summed E-state index contributed by atoms with van der Waals surface area (Å²) in [6.45, 7) is 5.05. The number of thiocarbonyl (C=S) groups is 1. The quantitative estimate of drug-likeness (QED) is 0.354. The van der Waals surface area contributed by atoms with Gasteiger partial charge in [0.25, 0.3) is 0 Å². The molecule has 5 nitrogen and oxygen atoms in total. The Morgan fingerprint density at radius 3 is 2.74 bits per heavy atom. The van der Waals surface area contributed by atoms with Crippen LogP contribution in [-0.4, -0.2) is 24.5 Å². The number of benzene rings is 2. The molecule has 0 spiro atoms. The van der Waals surface area contributed by atoms with Gasteiger partial charge >= 0.3 is 0 Å². The molecule has 0 unspecified atom stereocenters. The molecular formula is C19H22ClFN3O2S+. The molecule has 2 aromatic rings. The van der Waals surface area contributed by atoms with Gasteiger partial charge in [-0.2, -0.15) is 0 Å².